The van der Waals surface area contributed by atoms with E-state index in [9.17, 15) is 4.79 Å². The molecule has 4 N–H and O–H groups in total. The molecule has 1 rings (SSSR count). The lowest BCUT2D eigenvalue weighted by Crippen LogP contribution is -2.31. The first-order valence-corrected chi connectivity index (χ1v) is 6.51. The Balaban J connectivity index is 2.71. The molecule has 0 heterocycles. The van der Waals surface area contributed by atoms with Crippen LogP contribution in [0.25, 0.3) is 0 Å². The fraction of sp³-hybridized carbons (Fsp3) is 0.500. The largest absolute Gasteiger partial charge is 0.399 e. The molecule has 0 bridgehead atoms. The van der Waals surface area contributed by atoms with E-state index >= 15 is 0 Å². The maximum absolute atomic E-state index is 11.7. The Hall–Kier alpha value is -1.75. The zero-order chi connectivity index (χ0) is 14.4. The van der Waals surface area contributed by atoms with Gasteiger partial charge in [-0.05, 0) is 39.1 Å². The minimum atomic E-state index is -0.111. The highest BCUT2D eigenvalue weighted by atomic mass is 16.1. The molecule has 1 amide bonds. The Labute approximate surface area is 115 Å². The van der Waals surface area contributed by atoms with Gasteiger partial charge in [0.15, 0.2) is 0 Å². The molecule has 0 spiro atoms. The molecule has 106 valence electrons. The summed E-state index contributed by atoms with van der Waals surface area (Å²) in [6, 6.07) is 5.76. The van der Waals surface area contributed by atoms with E-state index in [1.807, 2.05) is 0 Å². The summed E-state index contributed by atoms with van der Waals surface area (Å²) in [5, 5.41) is 5.90. The number of anilines is 2. The van der Waals surface area contributed by atoms with Crippen LogP contribution in [-0.2, 0) is 0 Å². The molecule has 1 aromatic rings. The summed E-state index contributed by atoms with van der Waals surface area (Å²) in [6.07, 6.45) is 0. The minimum Gasteiger partial charge on any atom is -0.399 e. The molecule has 5 heteroatoms. The van der Waals surface area contributed by atoms with Gasteiger partial charge in [0.2, 0.25) is 0 Å². The van der Waals surface area contributed by atoms with Crippen molar-refractivity contribution < 1.29 is 4.79 Å². The number of rotatable bonds is 6. The van der Waals surface area contributed by atoms with Crippen LogP contribution in [0.2, 0.25) is 0 Å². The fourth-order valence-corrected chi connectivity index (χ4v) is 1.67. The average Bonchev–Trinajstić information content (AvgIpc) is 2.37. The molecular formula is C14H24N4O. The first kappa shape index (κ1) is 15.3. The van der Waals surface area contributed by atoms with Crippen molar-refractivity contribution in [3.8, 4) is 0 Å². The molecule has 0 saturated heterocycles. The number of nitrogen functional groups attached to an aromatic ring is 1. The highest BCUT2D eigenvalue weighted by Crippen LogP contribution is 2.19. The van der Waals surface area contributed by atoms with E-state index in [1.165, 1.54) is 0 Å². The first-order chi connectivity index (χ1) is 8.95. The van der Waals surface area contributed by atoms with Crippen LogP contribution in [-0.4, -0.2) is 44.0 Å². The zero-order valence-corrected chi connectivity index (χ0v) is 12.2. The molecule has 5 nitrogen and oxygen atoms in total. The van der Waals surface area contributed by atoms with Gasteiger partial charge in [-0.2, -0.15) is 0 Å². The van der Waals surface area contributed by atoms with Gasteiger partial charge in [0.05, 0.1) is 5.56 Å². The van der Waals surface area contributed by atoms with E-state index < -0.39 is 0 Å². The van der Waals surface area contributed by atoms with Crippen molar-refractivity contribution in [3.05, 3.63) is 23.8 Å². The van der Waals surface area contributed by atoms with E-state index in [1.54, 1.807) is 25.2 Å². The fourth-order valence-electron chi connectivity index (χ4n) is 1.67. The number of carbonyl (C=O) groups is 1. The third-order valence-electron chi connectivity index (χ3n) is 3.18. The predicted octanol–water partition coefficient (Wildman–Crippen LogP) is 1.38. The smallest absolute Gasteiger partial charge is 0.253 e. The molecule has 0 aliphatic carbocycles. The van der Waals surface area contributed by atoms with Gasteiger partial charge in [-0.25, -0.2) is 0 Å². The number of likely N-dealkylation sites (N-methyl/N-ethyl adjacent to an activating group) is 1. The lowest BCUT2D eigenvalue weighted by Gasteiger charge is -2.21. The van der Waals surface area contributed by atoms with Crippen molar-refractivity contribution in [2.75, 3.05) is 38.2 Å². The van der Waals surface area contributed by atoms with E-state index in [2.05, 4.69) is 36.4 Å². The maximum Gasteiger partial charge on any atom is 0.253 e. The van der Waals surface area contributed by atoms with Crippen LogP contribution >= 0.6 is 0 Å². The van der Waals surface area contributed by atoms with Gasteiger partial charge in [0, 0.05) is 37.6 Å². The summed E-state index contributed by atoms with van der Waals surface area (Å²) in [5.74, 6) is -0.111. The van der Waals surface area contributed by atoms with Gasteiger partial charge in [-0.3, -0.25) is 4.79 Å². The molecule has 1 aromatic carbocycles. The number of nitrogens with one attached hydrogen (secondary N) is 2. The number of benzene rings is 1. The highest BCUT2D eigenvalue weighted by molar-refractivity contribution is 6.00. The van der Waals surface area contributed by atoms with Gasteiger partial charge in [0.25, 0.3) is 5.91 Å². The minimum absolute atomic E-state index is 0.111. The summed E-state index contributed by atoms with van der Waals surface area (Å²) < 4.78 is 0. The van der Waals surface area contributed by atoms with Crippen molar-refractivity contribution >= 4 is 17.3 Å². The zero-order valence-electron chi connectivity index (χ0n) is 12.2. The van der Waals surface area contributed by atoms with Crippen molar-refractivity contribution in [1.82, 2.24) is 10.2 Å². The van der Waals surface area contributed by atoms with Gasteiger partial charge >= 0.3 is 0 Å². The van der Waals surface area contributed by atoms with Gasteiger partial charge in [0.1, 0.15) is 0 Å². The van der Waals surface area contributed by atoms with Crippen molar-refractivity contribution in [2.45, 2.75) is 19.9 Å². The maximum atomic E-state index is 11.7. The monoisotopic (exact) mass is 264 g/mol. The Morgan fingerprint density at radius 1 is 1.42 bits per heavy atom. The third kappa shape index (κ3) is 4.44. The number of hydrogen-bond donors (Lipinski definition) is 3. The summed E-state index contributed by atoms with van der Waals surface area (Å²) in [6.45, 7) is 5.97. The number of carbonyl (C=O) groups excluding carboxylic acids is 1. The van der Waals surface area contributed by atoms with Crippen LogP contribution in [0.3, 0.4) is 0 Å². The number of nitrogens with two attached hydrogens (primary N) is 1. The average molecular weight is 264 g/mol. The molecule has 0 fully saturated rings. The van der Waals surface area contributed by atoms with Crippen molar-refractivity contribution in [1.29, 1.82) is 0 Å². The Bertz CT molecular complexity index is 431. The predicted molar refractivity (Wildman–Crippen MR) is 80.5 cm³/mol. The number of amides is 1. The Morgan fingerprint density at radius 3 is 2.68 bits per heavy atom. The van der Waals surface area contributed by atoms with Crippen LogP contribution in [0.15, 0.2) is 18.2 Å². The van der Waals surface area contributed by atoms with E-state index in [0.29, 0.717) is 17.3 Å². The summed E-state index contributed by atoms with van der Waals surface area (Å²) in [7, 11) is 3.69. The standard InChI is InChI=1S/C14H24N4O/c1-10(2)18(4)8-7-17-13-9-11(15)5-6-12(13)14(19)16-3/h5-6,9-10,17H,7-8,15H2,1-4H3,(H,16,19). The molecule has 0 unspecified atom stereocenters. The summed E-state index contributed by atoms with van der Waals surface area (Å²) >= 11 is 0. The Kier molecular flexibility index (Phi) is 5.63. The lowest BCUT2D eigenvalue weighted by atomic mass is 10.1. The summed E-state index contributed by atoms with van der Waals surface area (Å²) in [5.41, 5.74) is 7.80. The highest BCUT2D eigenvalue weighted by Gasteiger charge is 2.10. The van der Waals surface area contributed by atoms with E-state index in [4.69, 9.17) is 5.73 Å². The lowest BCUT2D eigenvalue weighted by molar-refractivity contribution is 0.0964. The first-order valence-electron chi connectivity index (χ1n) is 6.51. The van der Waals surface area contributed by atoms with Gasteiger partial charge < -0.3 is 21.3 Å². The van der Waals surface area contributed by atoms with Crippen LogP contribution in [0.5, 0.6) is 0 Å². The number of nitrogens with zero attached hydrogens (tertiary/aromatic N) is 1. The molecule has 0 radical (unpaired) electrons. The molecule has 0 atom stereocenters. The van der Waals surface area contributed by atoms with Crippen LogP contribution in [0.1, 0.15) is 24.2 Å². The second-order valence-electron chi connectivity index (χ2n) is 4.89. The van der Waals surface area contributed by atoms with Crippen molar-refractivity contribution in [3.63, 3.8) is 0 Å². The van der Waals surface area contributed by atoms with E-state index in [0.717, 1.165) is 18.8 Å². The normalized spacial score (nSPS) is 10.8. The topological polar surface area (TPSA) is 70.4 Å². The molecule has 0 saturated carbocycles. The Morgan fingerprint density at radius 2 is 2.11 bits per heavy atom. The van der Waals surface area contributed by atoms with Crippen molar-refractivity contribution in [2.24, 2.45) is 0 Å². The molecule has 19 heavy (non-hydrogen) atoms. The van der Waals surface area contributed by atoms with Crippen LogP contribution < -0.4 is 16.4 Å². The number of hydrogen-bond acceptors (Lipinski definition) is 4. The SMILES string of the molecule is CNC(=O)c1ccc(N)cc1NCCN(C)C(C)C. The second-order valence-corrected chi connectivity index (χ2v) is 4.89. The summed E-state index contributed by atoms with van der Waals surface area (Å²) in [4.78, 5) is 14.0. The van der Waals surface area contributed by atoms with Crippen LogP contribution in [0, 0.1) is 0 Å². The van der Waals surface area contributed by atoms with Crippen LogP contribution in [0.4, 0.5) is 11.4 Å². The quantitative estimate of drug-likeness (QED) is 0.679. The van der Waals surface area contributed by atoms with E-state index in [-0.39, 0.29) is 5.91 Å². The third-order valence-corrected chi connectivity index (χ3v) is 3.18. The van der Waals surface area contributed by atoms with Gasteiger partial charge in [-0.1, -0.05) is 0 Å². The molecule has 0 aliphatic rings. The van der Waals surface area contributed by atoms with Gasteiger partial charge in [-0.15, -0.1) is 0 Å². The molecular weight excluding hydrogens is 240 g/mol. The molecule has 0 aromatic heterocycles. The second kappa shape index (κ2) is 6.99. The molecule has 0 aliphatic heterocycles.